The second kappa shape index (κ2) is 8.03. The molecule has 158 valence electrons. The van der Waals surface area contributed by atoms with Crippen molar-refractivity contribution in [3.05, 3.63) is 113 Å². The van der Waals surface area contributed by atoms with Crippen molar-refractivity contribution in [2.45, 2.75) is 5.54 Å². The molecule has 6 heteroatoms. The van der Waals surface area contributed by atoms with Gasteiger partial charge in [-0.05, 0) is 47.0 Å². The third-order valence-corrected chi connectivity index (χ3v) is 7.15. The number of fused-ring (bicyclic) bond motifs is 1. The van der Waals surface area contributed by atoms with Crippen molar-refractivity contribution in [1.82, 2.24) is 9.55 Å². The van der Waals surface area contributed by atoms with Crippen LogP contribution in [0.4, 0.5) is 0 Å². The fourth-order valence-electron chi connectivity index (χ4n) is 4.22. The van der Waals surface area contributed by atoms with Gasteiger partial charge in [-0.1, -0.05) is 42.5 Å². The summed E-state index contributed by atoms with van der Waals surface area (Å²) in [5.74, 6) is 0. The number of nitrogens with zero attached hydrogens (tertiary/aromatic N) is 4. The average molecular weight is 446 g/mol. The Bertz CT molecular complexity index is 1550. The SMILES string of the molecule is Cn1cncc1C(N)(c1ccc(C#N)cc1)c1cc2c(-c3ccccc3)cc(C#N)cc2s1. The Morgan fingerprint density at radius 2 is 1.67 bits per heavy atom. The van der Waals surface area contributed by atoms with Gasteiger partial charge < -0.3 is 10.3 Å². The van der Waals surface area contributed by atoms with Crippen molar-refractivity contribution in [2.24, 2.45) is 12.8 Å². The predicted molar refractivity (Wildman–Crippen MR) is 130 cm³/mol. The maximum Gasteiger partial charge on any atom is 0.118 e. The van der Waals surface area contributed by atoms with E-state index in [1.807, 2.05) is 66.2 Å². The van der Waals surface area contributed by atoms with E-state index in [0.717, 1.165) is 37.3 Å². The maximum atomic E-state index is 9.64. The van der Waals surface area contributed by atoms with Gasteiger partial charge in [-0.25, -0.2) is 4.98 Å². The minimum atomic E-state index is -0.982. The summed E-state index contributed by atoms with van der Waals surface area (Å²) in [6.45, 7) is 0. The van der Waals surface area contributed by atoms with Crippen molar-refractivity contribution in [3.8, 4) is 23.3 Å². The van der Waals surface area contributed by atoms with Gasteiger partial charge in [0, 0.05) is 22.0 Å². The zero-order chi connectivity index (χ0) is 23.0. The first kappa shape index (κ1) is 20.7. The quantitative estimate of drug-likeness (QED) is 0.407. The molecule has 0 saturated heterocycles. The first-order valence-corrected chi connectivity index (χ1v) is 11.2. The first-order valence-electron chi connectivity index (χ1n) is 10.3. The van der Waals surface area contributed by atoms with Crippen molar-refractivity contribution in [2.75, 3.05) is 0 Å². The summed E-state index contributed by atoms with van der Waals surface area (Å²) in [5, 5.41) is 19.9. The summed E-state index contributed by atoms with van der Waals surface area (Å²) in [7, 11) is 1.92. The molecule has 1 atom stereocenters. The number of nitriles is 2. The summed E-state index contributed by atoms with van der Waals surface area (Å²) in [6, 6.07) is 27.8. The lowest BCUT2D eigenvalue weighted by molar-refractivity contribution is 0.607. The molecule has 2 N–H and O–H groups in total. The lowest BCUT2D eigenvalue weighted by atomic mass is 9.85. The third-order valence-electron chi connectivity index (χ3n) is 5.93. The van der Waals surface area contributed by atoms with E-state index in [4.69, 9.17) is 5.73 Å². The van der Waals surface area contributed by atoms with Crippen LogP contribution in [0.1, 0.15) is 27.3 Å². The minimum Gasteiger partial charge on any atom is -0.335 e. The minimum absolute atomic E-state index is 0.576. The smallest absolute Gasteiger partial charge is 0.118 e. The largest absolute Gasteiger partial charge is 0.335 e. The Balaban J connectivity index is 1.80. The van der Waals surface area contributed by atoms with Crippen molar-refractivity contribution in [1.29, 1.82) is 10.5 Å². The van der Waals surface area contributed by atoms with Crippen molar-refractivity contribution < 1.29 is 0 Å². The molecule has 0 aliphatic heterocycles. The third kappa shape index (κ3) is 3.39. The zero-order valence-corrected chi connectivity index (χ0v) is 18.7. The van der Waals surface area contributed by atoms with Gasteiger partial charge in [0.25, 0.3) is 0 Å². The molecular formula is C27H19N5S. The van der Waals surface area contributed by atoms with Crippen molar-refractivity contribution in [3.63, 3.8) is 0 Å². The molecule has 0 bridgehead atoms. The van der Waals surface area contributed by atoms with E-state index in [0.29, 0.717) is 11.1 Å². The van der Waals surface area contributed by atoms with E-state index in [1.165, 1.54) is 0 Å². The van der Waals surface area contributed by atoms with E-state index in [2.05, 4.69) is 23.2 Å². The number of hydrogen-bond acceptors (Lipinski definition) is 5. The number of hydrogen-bond donors (Lipinski definition) is 1. The molecule has 0 saturated carbocycles. The van der Waals surface area contributed by atoms with Crippen LogP contribution >= 0.6 is 11.3 Å². The maximum absolute atomic E-state index is 9.64. The molecule has 0 radical (unpaired) electrons. The van der Waals surface area contributed by atoms with Crippen LogP contribution < -0.4 is 5.73 Å². The van der Waals surface area contributed by atoms with Crippen LogP contribution in [0.5, 0.6) is 0 Å². The van der Waals surface area contributed by atoms with Crippen LogP contribution in [0.3, 0.4) is 0 Å². The fraction of sp³-hybridized carbons (Fsp3) is 0.0741. The predicted octanol–water partition coefficient (Wildman–Crippen LogP) is 5.30. The highest BCUT2D eigenvalue weighted by Crippen LogP contribution is 2.43. The van der Waals surface area contributed by atoms with Gasteiger partial charge in [0.15, 0.2) is 0 Å². The van der Waals surface area contributed by atoms with E-state index in [9.17, 15) is 10.5 Å². The number of imidazole rings is 1. The summed E-state index contributed by atoms with van der Waals surface area (Å²) in [6.07, 6.45) is 3.51. The number of aromatic nitrogens is 2. The Hall–Kier alpha value is -4.23. The van der Waals surface area contributed by atoms with Crippen LogP contribution in [-0.4, -0.2) is 9.55 Å². The van der Waals surface area contributed by atoms with Gasteiger partial charge in [0.2, 0.25) is 0 Å². The molecule has 3 aromatic carbocycles. The zero-order valence-electron chi connectivity index (χ0n) is 17.9. The van der Waals surface area contributed by atoms with E-state index < -0.39 is 5.54 Å². The van der Waals surface area contributed by atoms with Crippen LogP contribution in [0.15, 0.2) is 85.3 Å². The Morgan fingerprint density at radius 1 is 0.939 bits per heavy atom. The highest BCUT2D eigenvalue weighted by atomic mass is 32.1. The molecule has 5 rings (SSSR count). The molecule has 2 aromatic heterocycles. The highest BCUT2D eigenvalue weighted by molar-refractivity contribution is 7.19. The molecule has 0 aliphatic rings. The molecular weight excluding hydrogens is 426 g/mol. The lowest BCUT2D eigenvalue weighted by Gasteiger charge is -2.29. The van der Waals surface area contributed by atoms with Gasteiger partial charge in [-0.2, -0.15) is 10.5 Å². The van der Waals surface area contributed by atoms with Gasteiger partial charge in [-0.3, -0.25) is 0 Å². The topological polar surface area (TPSA) is 91.4 Å². The Morgan fingerprint density at radius 3 is 2.30 bits per heavy atom. The van der Waals surface area contributed by atoms with Crippen LogP contribution in [0.2, 0.25) is 0 Å². The fourth-order valence-corrected chi connectivity index (χ4v) is 5.48. The molecule has 1 unspecified atom stereocenters. The van der Waals surface area contributed by atoms with Gasteiger partial charge >= 0.3 is 0 Å². The second-order valence-corrected chi connectivity index (χ2v) is 8.99. The summed E-state index contributed by atoms with van der Waals surface area (Å²) < 4.78 is 2.91. The number of thiophene rings is 1. The molecule has 33 heavy (non-hydrogen) atoms. The molecule has 2 heterocycles. The summed E-state index contributed by atoms with van der Waals surface area (Å²) >= 11 is 1.57. The van der Waals surface area contributed by atoms with E-state index in [1.54, 1.807) is 36.0 Å². The molecule has 0 aliphatic carbocycles. The molecule has 0 fully saturated rings. The Kier molecular flexibility index (Phi) is 5.03. The van der Waals surface area contributed by atoms with Crippen LogP contribution in [-0.2, 0) is 12.6 Å². The molecule has 0 amide bonds. The highest BCUT2D eigenvalue weighted by Gasteiger charge is 2.36. The normalized spacial score (nSPS) is 12.7. The molecule has 0 spiro atoms. The molecule has 5 aromatic rings. The van der Waals surface area contributed by atoms with Crippen LogP contribution in [0, 0.1) is 22.7 Å². The number of aryl methyl sites for hydroxylation is 1. The van der Waals surface area contributed by atoms with Gasteiger partial charge in [0.1, 0.15) is 5.54 Å². The van der Waals surface area contributed by atoms with E-state index in [-0.39, 0.29) is 0 Å². The Labute approximate surface area is 195 Å². The van der Waals surface area contributed by atoms with Gasteiger partial charge in [-0.15, -0.1) is 11.3 Å². The van der Waals surface area contributed by atoms with Crippen molar-refractivity contribution >= 4 is 21.4 Å². The summed E-state index contributed by atoms with van der Waals surface area (Å²) in [4.78, 5) is 5.24. The summed E-state index contributed by atoms with van der Waals surface area (Å²) in [5.41, 5.74) is 11.2. The monoisotopic (exact) mass is 445 g/mol. The standard InChI is InChI=1S/C27H19N5S/c1-32-17-31-16-25(32)27(30,21-9-7-18(14-28)8-10-21)26-13-23-22(20-5-3-2-4-6-20)11-19(15-29)12-24(23)33-26/h2-13,16-17H,30H2,1H3. The average Bonchev–Trinajstić information content (AvgIpc) is 3.50. The number of rotatable bonds is 4. The first-order chi connectivity index (χ1) is 16.0. The van der Waals surface area contributed by atoms with Crippen LogP contribution in [0.25, 0.3) is 21.2 Å². The van der Waals surface area contributed by atoms with Gasteiger partial charge in [0.05, 0.1) is 41.5 Å². The van der Waals surface area contributed by atoms with E-state index >= 15 is 0 Å². The second-order valence-electron chi connectivity index (χ2n) is 7.91. The number of benzene rings is 3. The number of nitrogens with two attached hydrogens (primary N) is 1. The lowest BCUT2D eigenvalue weighted by Crippen LogP contribution is -2.40. The molecule has 5 nitrogen and oxygen atoms in total.